The normalized spacial score (nSPS) is 17.5. The minimum atomic E-state index is 0.0318. The van der Waals surface area contributed by atoms with E-state index in [1.54, 1.807) is 0 Å². The summed E-state index contributed by atoms with van der Waals surface area (Å²) < 4.78 is 5.27. The van der Waals surface area contributed by atoms with Crippen molar-refractivity contribution < 1.29 is 9.32 Å². The van der Waals surface area contributed by atoms with Gasteiger partial charge in [0.2, 0.25) is 0 Å². The van der Waals surface area contributed by atoms with E-state index in [0.717, 1.165) is 25.9 Å². The largest absolute Gasteiger partial charge is 0.360 e. The molecule has 1 fully saturated rings. The monoisotopic (exact) mass is 251 g/mol. The number of hydrogen-bond acceptors (Lipinski definition) is 4. The molecule has 5 heteroatoms. The molecule has 2 heterocycles. The minimum absolute atomic E-state index is 0.0318. The van der Waals surface area contributed by atoms with E-state index in [9.17, 15) is 4.79 Å². The van der Waals surface area contributed by atoms with E-state index in [-0.39, 0.29) is 17.9 Å². The topological polar surface area (TPSA) is 72.4 Å². The number of nitrogens with two attached hydrogens (primary N) is 1. The van der Waals surface area contributed by atoms with Crippen molar-refractivity contribution in [2.75, 3.05) is 13.1 Å². The zero-order chi connectivity index (χ0) is 13.3. The molecule has 0 spiro atoms. The third kappa shape index (κ3) is 2.41. The van der Waals surface area contributed by atoms with E-state index in [2.05, 4.69) is 5.16 Å². The van der Waals surface area contributed by atoms with Gasteiger partial charge in [-0.1, -0.05) is 19.0 Å². The van der Waals surface area contributed by atoms with Gasteiger partial charge in [-0.05, 0) is 19.8 Å². The summed E-state index contributed by atoms with van der Waals surface area (Å²) in [6.45, 7) is 7.27. The molecule has 1 aliphatic rings. The first-order valence-corrected chi connectivity index (χ1v) is 6.51. The fraction of sp³-hybridized carbons (Fsp3) is 0.692. The Balaban J connectivity index is 2.21. The summed E-state index contributed by atoms with van der Waals surface area (Å²) in [6, 6.07) is 0.224. The highest BCUT2D eigenvalue weighted by atomic mass is 16.5. The lowest BCUT2D eigenvalue weighted by Crippen LogP contribution is -2.43. The number of hydrogen-bond donors (Lipinski definition) is 1. The first-order chi connectivity index (χ1) is 8.50. The Morgan fingerprint density at radius 3 is 2.61 bits per heavy atom. The van der Waals surface area contributed by atoms with Crippen LogP contribution in [-0.4, -0.2) is 35.1 Å². The van der Waals surface area contributed by atoms with E-state index in [0.29, 0.717) is 17.0 Å². The molecule has 0 bridgehead atoms. The lowest BCUT2D eigenvalue weighted by molar-refractivity contribution is 0.0711. The molecule has 0 atom stereocenters. The molecule has 1 aromatic heterocycles. The summed E-state index contributed by atoms with van der Waals surface area (Å²) in [5.41, 5.74) is 7.17. The van der Waals surface area contributed by atoms with Gasteiger partial charge in [0.05, 0.1) is 5.69 Å². The second kappa shape index (κ2) is 5.10. The van der Waals surface area contributed by atoms with Crippen LogP contribution in [0.4, 0.5) is 0 Å². The first kappa shape index (κ1) is 13.1. The van der Waals surface area contributed by atoms with Crippen molar-refractivity contribution in [2.24, 2.45) is 5.73 Å². The zero-order valence-electron chi connectivity index (χ0n) is 11.3. The molecule has 0 aliphatic carbocycles. The minimum Gasteiger partial charge on any atom is -0.360 e. The number of likely N-dealkylation sites (tertiary alicyclic amines) is 1. The molecule has 18 heavy (non-hydrogen) atoms. The van der Waals surface area contributed by atoms with Crippen LogP contribution in [0.3, 0.4) is 0 Å². The summed E-state index contributed by atoms with van der Waals surface area (Å²) >= 11 is 0. The Hall–Kier alpha value is -1.36. The van der Waals surface area contributed by atoms with Gasteiger partial charge in [0.15, 0.2) is 5.76 Å². The second-order valence-corrected chi connectivity index (χ2v) is 5.29. The summed E-state index contributed by atoms with van der Waals surface area (Å²) in [4.78, 5) is 14.4. The van der Waals surface area contributed by atoms with Crippen molar-refractivity contribution in [1.82, 2.24) is 10.1 Å². The van der Waals surface area contributed by atoms with Crippen LogP contribution in [-0.2, 0) is 0 Å². The van der Waals surface area contributed by atoms with Crippen LogP contribution in [0.25, 0.3) is 0 Å². The Morgan fingerprint density at radius 1 is 1.44 bits per heavy atom. The molecule has 1 saturated heterocycles. The lowest BCUT2D eigenvalue weighted by Gasteiger charge is -2.30. The second-order valence-electron chi connectivity index (χ2n) is 5.29. The Labute approximate surface area is 107 Å². The molecular weight excluding hydrogens is 230 g/mol. The van der Waals surface area contributed by atoms with Crippen LogP contribution in [0.2, 0.25) is 0 Å². The number of aryl methyl sites for hydroxylation is 1. The molecule has 0 unspecified atom stereocenters. The number of carbonyl (C=O) groups is 1. The molecule has 1 aliphatic heterocycles. The van der Waals surface area contributed by atoms with Crippen LogP contribution in [0, 0.1) is 6.92 Å². The van der Waals surface area contributed by atoms with Crippen molar-refractivity contribution in [3.63, 3.8) is 0 Å². The van der Waals surface area contributed by atoms with Gasteiger partial charge in [0, 0.05) is 25.0 Å². The molecular formula is C13H21N3O2. The smallest absolute Gasteiger partial charge is 0.259 e. The highest BCUT2D eigenvalue weighted by Gasteiger charge is 2.28. The van der Waals surface area contributed by atoms with Crippen LogP contribution in [0.15, 0.2) is 4.52 Å². The molecule has 5 nitrogen and oxygen atoms in total. The summed E-state index contributed by atoms with van der Waals surface area (Å²) in [5, 5.41) is 3.92. The standard InChI is InChI=1S/C13H21N3O2/c1-8(2)12-11(9(3)15-18-12)13(17)16-6-4-10(14)5-7-16/h8,10H,4-7,14H2,1-3H3. The maximum Gasteiger partial charge on any atom is 0.259 e. The van der Waals surface area contributed by atoms with Gasteiger partial charge >= 0.3 is 0 Å². The summed E-state index contributed by atoms with van der Waals surface area (Å²) in [5.74, 6) is 0.883. The quantitative estimate of drug-likeness (QED) is 0.867. The van der Waals surface area contributed by atoms with Crippen LogP contribution >= 0.6 is 0 Å². The fourth-order valence-corrected chi connectivity index (χ4v) is 2.30. The highest BCUT2D eigenvalue weighted by Crippen LogP contribution is 2.24. The number of amides is 1. The third-order valence-electron chi connectivity index (χ3n) is 3.45. The molecule has 2 rings (SSSR count). The van der Waals surface area contributed by atoms with Gasteiger partial charge in [-0.2, -0.15) is 0 Å². The van der Waals surface area contributed by atoms with Crippen molar-refractivity contribution >= 4 is 5.91 Å². The lowest BCUT2D eigenvalue weighted by atomic mass is 10.0. The van der Waals surface area contributed by atoms with Crippen LogP contribution in [0.1, 0.15) is 54.4 Å². The predicted octanol–water partition coefficient (Wildman–Crippen LogP) is 1.67. The number of rotatable bonds is 2. The molecule has 1 aromatic rings. The van der Waals surface area contributed by atoms with E-state index >= 15 is 0 Å². The molecule has 2 N–H and O–H groups in total. The maximum absolute atomic E-state index is 12.5. The number of nitrogens with zero attached hydrogens (tertiary/aromatic N) is 2. The van der Waals surface area contributed by atoms with Crippen LogP contribution in [0.5, 0.6) is 0 Å². The average Bonchev–Trinajstić information content (AvgIpc) is 2.71. The van der Waals surface area contributed by atoms with Gasteiger partial charge in [-0.3, -0.25) is 4.79 Å². The molecule has 0 aromatic carbocycles. The fourth-order valence-electron chi connectivity index (χ4n) is 2.30. The Bertz CT molecular complexity index is 431. The van der Waals surface area contributed by atoms with E-state index in [1.165, 1.54) is 0 Å². The van der Waals surface area contributed by atoms with Crippen molar-refractivity contribution in [3.05, 3.63) is 17.0 Å². The third-order valence-corrected chi connectivity index (χ3v) is 3.45. The Morgan fingerprint density at radius 2 is 2.06 bits per heavy atom. The van der Waals surface area contributed by atoms with Crippen molar-refractivity contribution in [1.29, 1.82) is 0 Å². The molecule has 0 radical (unpaired) electrons. The maximum atomic E-state index is 12.5. The van der Waals surface area contributed by atoms with Gasteiger partial charge < -0.3 is 15.2 Å². The predicted molar refractivity (Wildman–Crippen MR) is 68.4 cm³/mol. The van der Waals surface area contributed by atoms with E-state index in [4.69, 9.17) is 10.3 Å². The summed E-state index contributed by atoms with van der Waals surface area (Å²) in [7, 11) is 0. The number of carbonyl (C=O) groups excluding carboxylic acids is 1. The van der Waals surface area contributed by atoms with E-state index < -0.39 is 0 Å². The molecule has 0 saturated carbocycles. The zero-order valence-corrected chi connectivity index (χ0v) is 11.3. The average molecular weight is 251 g/mol. The number of aromatic nitrogens is 1. The summed E-state index contributed by atoms with van der Waals surface area (Å²) in [6.07, 6.45) is 1.74. The first-order valence-electron chi connectivity index (χ1n) is 6.51. The van der Waals surface area contributed by atoms with Gasteiger partial charge in [0.25, 0.3) is 5.91 Å². The van der Waals surface area contributed by atoms with Gasteiger partial charge in [-0.25, -0.2) is 0 Å². The van der Waals surface area contributed by atoms with Gasteiger partial charge in [-0.15, -0.1) is 0 Å². The van der Waals surface area contributed by atoms with Crippen LogP contribution < -0.4 is 5.73 Å². The van der Waals surface area contributed by atoms with Crippen molar-refractivity contribution in [2.45, 2.75) is 45.6 Å². The number of piperidine rings is 1. The van der Waals surface area contributed by atoms with E-state index in [1.807, 2.05) is 25.7 Å². The highest BCUT2D eigenvalue weighted by molar-refractivity contribution is 5.96. The SMILES string of the molecule is Cc1noc(C(C)C)c1C(=O)N1CCC(N)CC1. The molecule has 1 amide bonds. The Kier molecular flexibility index (Phi) is 3.71. The van der Waals surface area contributed by atoms with Gasteiger partial charge in [0.1, 0.15) is 5.56 Å². The van der Waals surface area contributed by atoms with Crippen molar-refractivity contribution in [3.8, 4) is 0 Å². The molecule has 100 valence electrons.